The van der Waals surface area contributed by atoms with Crippen molar-refractivity contribution in [1.82, 2.24) is 9.88 Å². The largest absolute Gasteiger partial charge is 0.573 e. The lowest BCUT2D eigenvalue weighted by Gasteiger charge is -2.19. The molecule has 1 aromatic carbocycles. The molecule has 9 heteroatoms. The van der Waals surface area contributed by atoms with E-state index in [-0.39, 0.29) is 30.9 Å². The number of rotatable bonds is 6. The number of nitrogens with one attached hydrogen (secondary N) is 1. The Morgan fingerprint density at radius 3 is 2.74 bits per heavy atom. The van der Waals surface area contributed by atoms with Crippen LogP contribution < -0.4 is 10.1 Å². The highest BCUT2D eigenvalue weighted by atomic mass is 19.4. The zero-order chi connectivity index (χ0) is 22.4. The molecule has 0 unspecified atom stereocenters. The van der Waals surface area contributed by atoms with Crippen molar-refractivity contribution in [2.75, 3.05) is 25.2 Å². The van der Waals surface area contributed by atoms with Gasteiger partial charge in [-0.1, -0.05) is 19.9 Å². The Morgan fingerprint density at radius 1 is 1.26 bits per heavy atom. The second kappa shape index (κ2) is 10.00. The van der Waals surface area contributed by atoms with E-state index in [1.807, 2.05) is 19.9 Å². The third-order valence-electron chi connectivity index (χ3n) is 4.87. The Bertz CT molecular complexity index is 878. The van der Waals surface area contributed by atoms with E-state index in [4.69, 9.17) is 4.74 Å². The first-order chi connectivity index (χ1) is 14.7. The molecule has 1 aliphatic heterocycles. The molecular weight excluding hydrogens is 411 g/mol. The van der Waals surface area contributed by atoms with Crippen molar-refractivity contribution in [3.8, 4) is 5.75 Å². The number of benzene rings is 1. The summed E-state index contributed by atoms with van der Waals surface area (Å²) in [7, 11) is 0. The van der Waals surface area contributed by atoms with E-state index < -0.39 is 6.36 Å². The lowest BCUT2D eigenvalue weighted by molar-refractivity contribution is -0.274. The van der Waals surface area contributed by atoms with E-state index in [9.17, 15) is 18.0 Å². The fourth-order valence-electron chi connectivity index (χ4n) is 3.22. The van der Waals surface area contributed by atoms with Crippen molar-refractivity contribution >= 4 is 11.7 Å². The van der Waals surface area contributed by atoms with Gasteiger partial charge >= 0.3 is 6.36 Å². The van der Waals surface area contributed by atoms with Crippen molar-refractivity contribution in [2.45, 2.75) is 45.5 Å². The van der Waals surface area contributed by atoms with Gasteiger partial charge in [-0.15, -0.1) is 13.2 Å². The number of alkyl halides is 3. The molecule has 1 N–H and O–H groups in total. The molecule has 1 fully saturated rings. The summed E-state index contributed by atoms with van der Waals surface area (Å²) in [6, 6.07) is 7.92. The number of carbonyl (C=O) groups excluding carboxylic acids is 1. The van der Waals surface area contributed by atoms with Crippen LogP contribution in [-0.4, -0.2) is 42.0 Å². The molecule has 2 heterocycles. The van der Waals surface area contributed by atoms with Gasteiger partial charge in [0.2, 0.25) is 0 Å². The Morgan fingerprint density at radius 2 is 2.06 bits per heavy atom. The van der Waals surface area contributed by atoms with Gasteiger partial charge in [0.1, 0.15) is 18.3 Å². The fourth-order valence-corrected chi connectivity index (χ4v) is 3.22. The van der Waals surface area contributed by atoms with Crippen LogP contribution in [0.3, 0.4) is 0 Å². The molecule has 1 saturated heterocycles. The highest BCUT2D eigenvalue weighted by molar-refractivity contribution is 5.94. The Kier molecular flexibility index (Phi) is 7.37. The summed E-state index contributed by atoms with van der Waals surface area (Å²) in [5, 5.41) is 3.08. The lowest BCUT2D eigenvalue weighted by atomic mass is 10.0. The van der Waals surface area contributed by atoms with E-state index in [0.29, 0.717) is 30.1 Å². The second-order valence-electron chi connectivity index (χ2n) is 7.71. The van der Waals surface area contributed by atoms with Gasteiger partial charge in [-0.3, -0.25) is 4.79 Å². The summed E-state index contributed by atoms with van der Waals surface area (Å²) in [4.78, 5) is 18.5. The summed E-state index contributed by atoms with van der Waals surface area (Å²) in [5.41, 5.74) is 1.83. The van der Waals surface area contributed by atoms with Crippen LogP contribution in [0.2, 0.25) is 0 Å². The number of carbonyl (C=O) groups is 1. The summed E-state index contributed by atoms with van der Waals surface area (Å²) in [6.07, 6.45) is -1.44. The van der Waals surface area contributed by atoms with Gasteiger partial charge in [0, 0.05) is 25.9 Å². The molecule has 0 bridgehead atoms. The smallest absolute Gasteiger partial charge is 0.406 e. The first-order valence-electron chi connectivity index (χ1n) is 10.2. The quantitative estimate of drug-likeness (QED) is 0.695. The van der Waals surface area contributed by atoms with Crippen molar-refractivity contribution in [3.63, 3.8) is 0 Å². The van der Waals surface area contributed by atoms with Crippen LogP contribution in [0.1, 0.15) is 54.1 Å². The molecule has 168 valence electrons. The molecular formula is C22H26F3N3O3. The lowest BCUT2D eigenvalue weighted by Crippen LogP contribution is -2.32. The maximum absolute atomic E-state index is 12.6. The highest BCUT2D eigenvalue weighted by Gasteiger charge is 2.31. The van der Waals surface area contributed by atoms with Gasteiger partial charge in [0.05, 0.1) is 5.56 Å². The average Bonchev–Trinajstić information content (AvgIpc) is 3.00. The summed E-state index contributed by atoms with van der Waals surface area (Å²) in [6.45, 7) is 5.63. The van der Waals surface area contributed by atoms with E-state index in [1.165, 1.54) is 18.3 Å². The number of aromatic nitrogens is 1. The molecule has 1 aliphatic rings. The third kappa shape index (κ3) is 6.85. The highest BCUT2D eigenvalue weighted by Crippen LogP contribution is 2.28. The summed E-state index contributed by atoms with van der Waals surface area (Å²) >= 11 is 0. The minimum absolute atomic E-state index is 0.0434. The number of amides is 1. The van der Waals surface area contributed by atoms with Crippen molar-refractivity contribution in [3.05, 3.63) is 53.2 Å². The molecule has 0 aliphatic carbocycles. The van der Waals surface area contributed by atoms with Crippen LogP contribution in [0.25, 0.3) is 0 Å². The van der Waals surface area contributed by atoms with Gasteiger partial charge in [0.15, 0.2) is 0 Å². The van der Waals surface area contributed by atoms with Gasteiger partial charge in [-0.25, -0.2) is 4.98 Å². The summed E-state index contributed by atoms with van der Waals surface area (Å²) in [5.74, 6) is 0.169. The number of nitrogens with zero attached hydrogens (tertiary/aromatic N) is 2. The number of anilines is 1. The van der Waals surface area contributed by atoms with Crippen LogP contribution in [0, 0.1) is 0 Å². The Hall–Kier alpha value is -2.81. The van der Waals surface area contributed by atoms with E-state index in [2.05, 4.69) is 15.0 Å². The summed E-state index contributed by atoms with van der Waals surface area (Å²) < 4.78 is 47.4. The van der Waals surface area contributed by atoms with Crippen LogP contribution in [0.4, 0.5) is 19.0 Å². The minimum Gasteiger partial charge on any atom is -0.406 e. The monoisotopic (exact) mass is 437 g/mol. The fraction of sp³-hybridized carbons (Fsp3) is 0.455. The molecule has 0 saturated carbocycles. The third-order valence-corrected chi connectivity index (χ3v) is 4.87. The zero-order valence-electron chi connectivity index (χ0n) is 17.5. The standard InChI is InChI=1S/C22H26F3N3O3/c1-15(2)18-9-16(10-19(11-18)31-22(23,24)25)12-26-20-6-5-17(13-27-20)21(29)28-7-3-4-8-30-14-28/h5-6,9-11,13,15H,3-4,7-8,12,14H2,1-2H3,(H,26,27). The predicted octanol–water partition coefficient (Wildman–Crippen LogP) is 4.93. The molecule has 1 amide bonds. The Labute approximate surface area is 179 Å². The van der Waals surface area contributed by atoms with Gasteiger partial charge in [0.25, 0.3) is 5.91 Å². The van der Waals surface area contributed by atoms with Crippen LogP contribution in [0.15, 0.2) is 36.5 Å². The van der Waals surface area contributed by atoms with E-state index in [0.717, 1.165) is 18.4 Å². The maximum atomic E-state index is 12.6. The maximum Gasteiger partial charge on any atom is 0.573 e. The molecule has 31 heavy (non-hydrogen) atoms. The molecule has 0 radical (unpaired) electrons. The number of halogens is 3. The van der Waals surface area contributed by atoms with Gasteiger partial charge < -0.3 is 19.7 Å². The average molecular weight is 437 g/mol. The first-order valence-corrected chi connectivity index (χ1v) is 10.2. The molecule has 0 spiro atoms. The van der Waals surface area contributed by atoms with Crippen molar-refractivity contribution in [1.29, 1.82) is 0 Å². The molecule has 6 nitrogen and oxygen atoms in total. The zero-order valence-corrected chi connectivity index (χ0v) is 17.5. The van der Waals surface area contributed by atoms with Gasteiger partial charge in [-0.05, 0) is 54.2 Å². The van der Waals surface area contributed by atoms with Crippen LogP contribution >= 0.6 is 0 Å². The molecule has 3 rings (SSSR count). The second-order valence-corrected chi connectivity index (χ2v) is 7.71. The SMILES string of the molecule is CC(C)c1cc(CNc2ccc(C(=O)N3CCCCOC3)cn2)cc(OC(F)(F)F)c1. The Balaban J connectivity index is 1.66. The number of pyridine rings is 1. The van der Waals surface area contributed by atoms with Crippen molar-refractivity contribution in [2.24, 2.45) is 0 Å². The predicted molar refractivity (Wildman–Crippen MR) is 110 cm³/mol. The molecule has 2 aromatic rings. The normalized spacial score (nSPS) is 15.0. The molecule has 0 atom stereocenters. The van der Waals surface area contributed by atoms with E-state index >= 15 is 0 Å². The van der Waals surface area contributed by atoms with E-state index in [1.54, 1.807) is 17.0 Å². The van der Waals surface area contributed by atoms with Crippen LogP contribution in [0.5, 0.6) is 5.75 Å². The van der Waals surface area contributed by atoms with Crippen molar-refractivity contribution < 1.29 is 27.4 Å². The van der Waals surface area contributed by atoms with Gasteiger partial charge in [-0.2, -0.15) is 0 Å². The molecule has 1 aromatic heterocycles. The minimum atomic E-state index is -4.75. The number of hydrogen-bond acceptors (Lipinski definition) is 5. The first kappa shape index (κ1) is 22.9. The topological polar surface area (TPSA) is 63.7 Å². The van der Waals surface area contributed by atoms with Crippen LogP contribution in [-0.2, 0) is 11.3 Å². The number of hydrogen-bond donors (Lipinski definition) is 1. The number of ether oxygens (including phenoxy) is 2.